The second kappa shape index (κ2) is 7.53. The van der Waals surface area contributed by atoms with Crippen molar-refractivity contribution >= 4 is 11.8 Å². The summed E-state index contributed by atoms with van der Waals surface area (Å²) in [6, 6.07) is 7.27. The van der Waals surface area contributed by atoms with E-state index in [1.165, 1.54) is 0 Å². The summed E-state index contributed by atoms with van der Waals surface area (Å²) in [5, 5.41) is 12.3. The van der Waals surface area contributed by atoms with Gasteiger partial charge < -0.3 is 14.6 Å². The summed E-state index contributed by atoms with van der Waals surface area (Å²) < 4.78 is 12.6. The number of benzene rings is 1. The Morgan fingerprint density at radius 3 is 2.56 bits per heavy atom. The van der Waals surface area contributed by atoms with E-state index in [4.69, 9.17) is 9.47 Å². The van der Waals surface area contributed by atoms with Crippen LogP contribution in [0.2, 0.25) is 0 Å². The van der Waals surface area contributed by atoms with Crippen LogP contribution in [0.3, 0.4) is 0 Å². The van der Waals surface area contributed by atoms with Crippen LogP contribution in [0.1, 0.15) is 26.3 Å². The normalized spacial score (nSPS) is 11.1. The van der Waals surface area contributed by atoms with Crippen molar-refractivity contribution in [3.05, 3.63) is 42.2 Å². The fraction of sp³-hybridized carbons (Fsp3) is 0.368. The lowest BCUT2D eigenvalue weighted by molar-refractivity contribution is -0.671. The maximum Gasteiger partial charge on any atom is 0.412 e. The molecule has 0 spiro atoms. The van der Waals surface area contributed by atoms with Crippen molar-refractivity contribution in [1.82, 2.24) is 0 Å². The molecule has 2 rings (SSSR count). The molecule has 0 fully saturated rings. The van der Waals surface area contributed by atoms with Crippen LogP contribution in [-0.2, 0) is 18.4 Å². The van der Waals surface area contributed by atoms with Crippen LogP contribution in [0.4, 0.5) is 10.5 Å². The standard InChI is InChI=1S/C19H24N2O4/c1-19(2,3)25-18(23)20-14-6-7-16(17(10-14)24-5)15-8-9-21(4)11-13(15)12-22/h6-11,22H,12H2,1-5H3/p+1. The van der Waals surface area contributed by atoms with Gasteiger partial charge in [0.15, 0.2) is 12.4 Å². The first kappa shape index (κ1) is 18.7. The van der Waals surface area contributed by atoms with E-state index in [9.17, 15) is 9.90 Å². The molecule has 134 valence electrons. The number of aryl methyl sites for hydroxylation is 1. The number of carbonyl (C=O) groups is 1. The van der Waals surface area contributed by atoms with Crippen LogP contribution in [0.25, 0.3) is 11.1 Å². The Morgan fingerprint density at radius 2 is 1.96 bits per heavy atom. The zero-order valence-electron chi connectivity index (χ0n) is 15.3. The number of ether oxygens (including phenoxy) is 2. The van der Waals surface area contributed by atoms with E-state index in [-0.39, 0.29) is 6.61 Å². The quantitative estimate of drug-likeness (QED) is 0.836. The smallest absolute Gasteiger partial charge is 0.412 e. The number of pyridine rings is 1. The lowest BCUT2D eigenvalue weighted by atomic mass is 10.0. The highest BCUT2D eigenvalue weighted by Crippen LogP contribution is 2.34. The van der Waals surface area contributed by atoms with E-state index in [1.54, 1.807) is 19.2 Å². The average Bonchev–Trinajstić information content (AvgIpc) is 2.53. The summed E-state index contributed by atoms with van der Waals surface area (Å²) in [6.45, 7) is 5.34. The number of amides is 1. The van der Waals surface area contributed by atoms with E-state index < -0.39 is 11.7 Å². The zero-order chi connectivity index (χ0) is 18.6. The lowest BCUT2D eigenvalue weighted by Crippen LogP contribution is -2.27. The van der Waals surface area contributed by atoms with Gasteiger partial charge in [-0.3, -0.25) is 5.32 Å². The van der Waals surface area contributed by atoms with Crippen LogP contribution in [0, 0.1) is 0 Å². The summed E-state index contributed by atoms with van der Waals surface area (Å²) in [5.74, 6) is 0.595. The molecule has 0 atom stereocenters. The number of aliphatic hydroxyl groups is 1. The number of methoxy groups -OCH3 is 1. The van der Waals surface area contributed by atoms with E-state index in [2.05, 4.69) is 5.32 Å². The molecule has 0 aliphatic rings. The maximum atomic E-state index is 11.9. The topological polar surface area (TPSA) is 71.7 Å². The fourth-order valence-electron chi connectivity index (χ4n) is 2.46. The minimum atomic E-state index is -0.566. The van der Waals surface area contributed by atoms with Gasteiger partial charge in [-0.25, -0.2) is 9.36 Å². The number of hydrogen-bond donors (Lipinski definition) is 2. The van der Waals surface area contributed by atoms with E-state index in [0.29, 0.717) is 11.4 Å². The fourth-order valence-corrected chi connectivity index (χ4v) is 2.46. The van der Waals surface area contributed by atoms with Crippen molar-refractivity contribution in [3.63, 3.8) is 0 Å². The third-order valence-corrected chi connectivity index (χ3v) is 3.49. The van der Waals surface area contributed by atoms with Crippen molar-refractivity contribution < 1.29 is 23.9 Å². The largest absolute Gasteiger partial charge is 0.496 e. The molecule has 0 saturated carbocycles. The minimum Gasteiger partial charge on any atom is -0.496 e. The lowest BCUT2D eigenvalue weighted by Gasteiger charge is -2.20. The second-order valence-corrected chi connectivity index (χ2v) is 6.75. The molecule has 6 nitrogen and oxygen atoms in total. The summed E-state index contributed by atoms with van der Waals surface area (Å²) in [5.41, 5.74) is 2.50. The molecular formula is C19H25N2O4+. The van der Waals surface area contributed by atoms with Gasteiger partial charge in [0.05, 0.1) is 13.7 Å². The monoisotopic (exact) mass is 345 g/mol. The molecule has 1 heterocycles. The van der Waals surface area contributed by atoms with Crippen molar-refractivity contribution in [2.45, 2.75) is 33.0 Å². The first-order chi connectivity index (χ1) is 11.7. The Morgan fingerprint density at radius 1 is 1.24 bits per heavy atom. The van der Waals surface area contributed by atoms with Crippen molar-refractivity contribution in [1.29, 1.82) is 0 Å². The first-order valence-electron chi connectivity index (χ1n) is 8.01. The molecule has 2 aromatic rings. The highest BCUT2D eigenvalue weighted by molar-refractivity contribution is 5.86. The molecular weight excluding hydrogens is 320 g/mol. The van der Waals surface area contributed by atoms with Gasteiger partial charge in [-0.2, -0.15) is 0 Å². The molecule has 25 heavy (non-hydrogen) atoms. The highest BCUT2D eigenvalue weighted by atomic mass is 16.6. The van der Waals surface area contributed by atoms with Gasteiger partial charge in [-0.05, 0) is 32.9 Å². The van der Waals surface area contributed by atoms with E-state index in [0.717, 1.165) is 16.7 Å². The van der Waals surface area contributed by atoms with Crippen molar-refractivity contribution in [2.75, 3.05) is 12.4 Å². The number of nitrogens with one attached hydrogen (secondary N) is 1. The molecule has 1 amide bonds. The first-order valence-corrected chi connectivity index (χ1v) is 8.01. The third-order valence-electron chi connectivity index (χ3n) is 3.49. The van der Waals surface area contributed by atoms with Gasteiger partial charge >= 0.3 is 6.09 Å². The average molecular weight is 345 g/mol. The molecule has 0 radical (unpaired) electrons. The minimum absolute atomic E-state index is 0.0783. The summed E-state index contributed by atoms with van der Waals surface area (Å²) in [7, 11) is 3.46. The van der Waals surface area contributed by atoms with Gasteiger partial charge in [0.2, 0.25) is 0 Å². The number of anilines is 1. The summed E-state index contributed by atoms with van der Waals surface area (Å²) in [6.07, 6.45) is 3.24. The van der Waals surface area contributed by atoms with Gasteiger partial charge in [-0.15, -0.1) is 0 Å². The van der Waals surface area contributed by atoms with E-state index in [1.807, 2.05) is 56.9 Å². The molecule has 0 aliphatic heterocycles. The van der Waals surface area contributed by atoms with Gasteiger partial charge in [0, 0.05) is 34.5 Å². The van der Waals surface area contributed by atoms with Crippen LogP contribution in [0.15, 0.2) is 36.7 Å². The molecule has 1 aromatic carbocycles. The maximum absolute atomic E-state index is 11.9. The number of aliphatic hydroxyl groups excluding tert-OH is 1. The van der Waals surface area contributed by atoms with Crippen LogP contribution in [-0.4, -0.2) is 23.9 Å². The number of nitrogens with zero attached hydrogens (tertiary/aromatic N) is 1. The van der Waals surface area contributed by atoms with E-state index >= 15 is 0 Å². The predicted octanol–water partition coefficient (Wildman–Crippen LogP) is 3.03. The van der Waals surface area contributed by atoms with Crippen LogP contribution < -0.4 is 14.6 Å². The number of rotatable bonds is 4. The Bertz CT molecular complexity index is 767. The van der Waals surface area contributed by atoms with Crippen LogP contribution >= 0.6 is 0 Å². The van der Waals surface area contributed by atoms with Gasteiger partial charge in [0.25, 0.3) is 0 Å². The second-order valence-electron chi connectivity index (χ2n) is 6.75. The molecule has 0 saturated heterocycles. The molecule has 0 unspecified atom stereocenters. The molecule has 6 heteroatoms. The van der Waals surface area contributed by atoms with Crippen molar-refractivity contribution in [3.8, 4) is 16.9 Å². The van der Waals surface area contributed by atoms with Crippen molar-refractivity contribution in [2.24, 2.45) is 7.05 Å². The number of carbonyl (C=O) groups excluding carboxylic acids is 1. The molecule has 0 aliphatic carbocycles. The van der Waals surface area contributed by atoms with Gasteiger partial charge in [-0.1, -0.05) is 0 Å². The zero-order valence-corrected chi connectivity index (χ0v) is 15.3. The predicted molar refractivity (Wildman–Crippen MR) is 95.4 cm³/mol. The summed E-state index contributed by atoms with van der Waals surface area (Å²) >= 11 is 0. The Labute approximate surface area is 148 Å². The summed E-state index contributed by atoms with van der Waals surface area (Å²) in [4.78, 5) is 11.9. The SMILES string of the molecule is COc1cc(NC(=O)OC(C)(C)C)ccc1-c1cc[n+](C)cc1CO. The Hall–Kier alpha value is -2.60. The highest BCUT2D eigenvalue weighted by Gasteiger charge is 2.18. The number of aromatic nitrogens is 1. The van der Waals surface area contributed by atoms with Gasteiger partial charge in [0.1, 0.15) is 18.4 Å². The molecule has 1 aromatic heterocycles. The molecule has 2 N–H and O–H groups in total. The molecule has 0 bridgehead atoms. The van der Waals surface area contributed by atoms with Crippen LogP contribution in [0.5, 0.6) is 5.75 Å². The Balaban J connectivity index is 2.33. The Kier molecular flexibility index (Phi) is 5.64. The number of hydrogen-bond acceptors (Lipinski definition) is 4. The third kappa shape index (κ3) is 4.93.